The molecule has 1 N–H and O–H groups in total. The van der Waals surface area contributed by atoms with Crippen LogP contribution in [0.25, 0.3) is 0 Å². The van der Waals surface area contributed by atoms with Crippen LogP contribution in [0, 0.1) is 11.8 Å². The first kappa shape index (κ1) is 17.3. The van der Waals surface area contributed by atoms with Crippen molar-refractivity contribution in [3.05, 3.63) is 23.8 Å². The fourth-order valence-electron chi connectivity index (χ4n) is 3.75. The molecule has 5 nitrogen and oxygen atoms in total. The van der Waals surface area contributed by atoms with Gasteiger partial charge in [0.25, 0.3) is 0 Å². The van der Waals surface area contributed by atoms with Gasteiger partial charge in [0.2, 0.25) is 15.9 Å². The van der Waals surface area contributed by atoms with Gasteiger partial charge < -0.3 is 4.90 Å². The van der Waals surface area contributed by atoms with E-state index in [9.17, 15) is 13.2 Å². The van der Waals surface area contributed by atoms with Crippen LogP contribution >= 0.6 is 0 Å². The highest BCUT2D eigenvalue weighted by Crippen LogP contribution is 2.35. The number of hydrogen-bond acceptors (Lipinski definition) is 3. The van der Waals surface area contributed by atoms with Crippen LogP contribution in [0.3, 0.4) is 0 Å². The summed E-state index contributed by atoms with van der Waals surface area (Å²) in [6.45, 7) is 4.47. The second-order valence-corrected chi connectivity index (χ2v) is 9.11. The summed E-state index contributed by atoms with van der Waals surface area (Å²) in [6, 6.07) is 5.51. The lowest BCUT2D eigenvalue weighted by Crippen LogP contribution is -2.33. The number of anilines is 2. The van der Waals surface area contributed by atoms with Gasteiger partial charge in [-0.05, 0) is 48.9 Å². The predicted molar refractivity (Wildman–Crippen MR) is 96.7 cm³/mol. The Morgan fingerprint density at radius 2 is 2.00 bits per heavy atom. The van der Waals surface area contributed by atoms with Gasteiger partial charge in [0.05, 0.1) is 5.75 Å². The monoisotopic (exact) mass is 350 g/mol. The van der Waals surface area contributed by atoms with E-state index in [1.54, 1.807) is 6.07 Å². The smallest absolute Gasteiger partial charge is 0.232 e. The molecule has 1 aliphatic heterocycles. The first-order valence-electron chi connectivity index (χ1n) is 8.80. The van der Waals surface area contributed by atoms with E-state index in [1.807, 2.05) is 30.9 Å². The largest absolute Gasteiger partial charge is 0.312 e. The Hall–Kier alpha value is -1.56. The van der Waals surface area contributed by atoms with Gasteiger partial charge >= 0.3 is 0 Å². The lowest BCUT2D eigenvalue weighted by molar-refractivity contribution is -0.122. The zero-order valence-electron chi connectivity index (χ0n) is 14.4. The van der Waals surface area contributed by atoms with Gasteiger partial charge in [-0.15, -0.1) is 0 Å². The Morgan fingerprint density at radius 3 is 2.67 bits per heavy atom. The molecular formula is C18H26N2O3S. The topological polar surface area (TPSA) is 66.5 Å². The van der Waals surface area contributed by atoms with Gasteiger partial charge in [-0.1, -0.05) is 26.7 Å². The van der Waals surface area contributed by atoms with E-state index in [2.05, 4.69) is 4.72 Å². The Morgan fingerprint density at radius 1 is 1.29 bits per heavy atom. The number of benzene rings is 1. The van der Waals surface area contributed by atoms with Gasteiger partial charge in [-0.2, -0.15) is 0 Å². The van der Waals surface area contributed by atoms with Crippen LogP contribution in [0.2, 0.25) is 0 Å². The molecule has 1 saturated carbocycles. The highest BCUT2D eigenvalue weighted by atomic mass is 32.2. The lowest BCUT2D eigenvalue weighted by atomic mass is 10.1. The Balaban J connectivity index is 1.74. The van der Waals surface area contributed by atoms with Gasteiger partial charge in [0.15, 0.2) is 0 Å². The molecule has 1 fully saturated rings. The van der Waals surface area contributed by atoms with E-state index < -0.39 is 10.0 Å². The standard InChI is InChI=1S/C18H26N2O3S/c1-13(2)12-24(22,23)19-16-7-8-17-15(11-16)9-10-20(17)18(21)14-5-3-4-6-14/h7-8,11,13-14,19H,3-6,9-10,12H2,1-2H3. The molecule has 0 atom stereocenters. The third-order valence-corrected chi connectivity index (χ3v) is 6.42. The van der Waals surface area contributed by atoms with Crippen molar-refractivity contribution >= 4 is 27.3 Å². The van der Waals surface area contributed by atoms with E-state index in [0.717, 1.165) is 43.4 Å². The summed E-state index contributed by atoms with van der Waals surface area (Å²) in [5, 5.41) is 0. The van der Waals surface area contributed by atoms with E-state index >= 15 is 0 Å². The maximum Gasteiger partial charge on any atom is 0.232 e. The molecule has 1 aromatic rings. The minimum absolute atomic E-state index is 0.0800. The zero-order chi connectivity index (χ0) is 17.3. The third kappa shape index (κ3) is 3.74. The second kappa shape index (κ2) is 6.75. The highest BCUT2D eigenvalue weighted by Gasteiger charge is 2.31. The summed E-state index contributed by atoms with van der Waals surface area (Å²) in [5.74, 6) is 0.590. The van der Waals surface area contributed by atoms with E-state index in [1.165, 1.54) is 0 Å². The number of carbonyl (C=O) groups excluding carboxylic acids is 1. The number of nitrogens with one attached hydrogen (secondary N) is 1. The quantitative estimate of drug-likeness (QED) is 0.887. The molecule has 0 saturated heterocycles. The molecule has 0 bridgehead atoms. The minimum atomic E-state index is -3.32. The van der Waals surface area contributed by atoms with Crippen molar-refractivity contribution in [1.29, 1.82) is 0 Å². The molecule has 3 rings (SSSR count). The Labute approximate surface area is 144 Å². The van der Waals surface area contributed by atoms with Crippen LogP contribution in [0.5, 0.6) is 0 Å². The average molecular weight is 350 g/mol. The molecule has 0 radical (unpaired) electrons. The maximum atomic E-state index is 12.7. The zero-order valence-corrected chi connectivity index (χ0v) is 15.2. The normalized spacial score (nSPS) is 18.2. The second-order valence-electron chi connectivity index (χ2n) is 7.34. The third-order valence-electron chi connectivity index (χ3n) is 4.77. The number of carbonyl (C=O) groups is 1. The fourth-order valence-corrected chi connectivity index (χ4v) is 5.19. The molecule has 1 amide bonds. The van der Waals surface area contributed by atoms with Crippen molar-refractivity contribution in [3.8, 4) is 0 Å². The molecule has 0 aromatic heterocycles. The minimum Gasteiger partial charge on any atom is -0.312 e. The number of hydrogen-bond donors (Lipinski definition) is 1. The van der Waals surface area contributed by atoms with Gasteiger partial charge in [-0.3, -0.25) is 9.52 Å². The van der Waals surface area contributed by atoms with Crippen LogP contribution in [0.4, 0.5) is 11.4 Å². The van der Waals surface area contributed by atoms with Crippen molar-refractivity contribution in [2.45, 2.75) is 46.0 Å². The molecule has 0 spiro atoms. The van der Waals surface area contributed by atoms with E-state index in [-0.39, 0.29) is 23.5 Å². The van der Waals surface area contributed by atoms with Crippen molar-refractivity contribution in [2.24, 2.45) is 11.8 Å². The number of sulfonamides is 1. The molecule has 0 unspecified atom stereocenters. The maximum absolute atomic E-state index is 12.7. The van der Waals surface area contributed by atoms with Crippen LogP contribution in [0.1, 0.15) is 45.1 Å². The summed E-state index contributed by atoms with van der Waals surface area (Å²) < 4.78 is 26.8. The molecular weight excluding hydrogens is 324 g/mol. The van der Waals surface area contributed by atoms with Crippen LogP contribution in [0.15, 0.2) is 18.2 Å². The highest BCUT2D eigenvalue weighted by molar-refractivity contribution is 7.92. The lowest BCUT2D eigenvalue weighted by Gasteiger charge is -2.21. The first-order chi connectivity index (χ1) is 11.4. The summed E-state index contributed by atoms with van der Waals surface area (Å²) in [5.41, 5.74) is 2.58. The summed E-state index contributed by atoms with van der Waals surface area (Å²) in [6.07, 6.45) is 5.07. The predicted octanol–water partition coefficient (Wildman–Crippen LogP) is 3.16. The van der Waals surface area contributed by atoms with Crippen molar-refractivity contribution < 1.29 is 13.2 Å². The molecule has 6 heteroatoms. The Bertz CT molecular complexity index is 722. The molecule has 1 aromatic carbocycles. The van der Waals surface area contributed by atoms with Crippen molar-refractivity contribution in [1.82, 2.24) is 0 Å². The molecule has 2 aliphatic rings. The van der Waals surface area contributed by atoms with Crippen molar-refractivity contribution in [2.75, 3.05) is 21.9 Å². The SMILES string of the molecule is CC(C)CS(=O)(=O)Nc1ccc2c(c1)CCN2C(=O)C1CCCC1. The summed E-state index contributed by atoms with van der Waals surface area (Å²) in [4.78, 5) is 14.5. The molecule has 1 heterocycles. The molecule has 24 heavy (non-hydrogen) atoms. The number of fused-ring (bicyclic) bond motifs is 1. The first-order valence-corrected chi connectivity index (χ1v) is 10.5. The summed E-state index contributed by atoms with van der Waals surface area (Å²) in [7, 11) is -3.32. The van der Waals surface area contributed by atoms with Crippen LogP contribution < -0.4 is 9.62 Å². The number of nitrogens with zero attached hydrogens (tertiary/aromatic N) is 1. The summed E-state index contributed by atoms with van der Waals surface area (Å²) >= 11 is 0. The fraction of sp³-hybridized carbons (Fsp3) is 0.611. The molecule has 132 valence electrons. The van der Waals surface area contributed by atoms with Crippen LogP contribution in [-0.4, -0.2) is 26.6 Å². The number of rotatable bonds is 5. The number of amides is 1. The van der Waals surface area contributed by atoms with E-state index in [0.29, 0.717) is 12.2 Å². The van der Waals surface area contributed by atoms with E-state index in [4.69, 9.17) is 0 Å². The van der Waals surface area contributed by atoms with Gasteiger partial charge in [-0.25, -0.2) is 8.42 Å². The van der Waals surface area contributed by atoms with Gasteiger partial charge in [0, 0.05) is 23.8 Å². The van der Waals surface area contributed by atoms with Crippen LogP contribution in [-0.2, 0) is 21.2 Å². The average Bonchev–Trinajstić information content (AvgIpc) is 3.14. The Kier molecular flexibility index (Phi) is 4.85. The van der Waals surface area contributed by atoms with Gasteiger partial charge in [0.1, 0.15) is 0 Å². The van der Waals surface area contributed by atoms with Crippen molar-refractivity contribution in [3.63, 3.8) is 0 Å². The molecule has 1 aliphatic carbocycles.